The zero-order chi connectivity index (χ0) is 21.5. The SMILES string of the molecule is CCc1ccccc1NC(=O)/C(C#N)=C/c1ccc(Cc2ccccc2Br)c(Cl)c1. The van der Waals surface area contributed by atoms with Gasteiger partial charge in [0.25, 0.3) is 5.91 Å². The second-order valence-electron chi connectivity index (χ2n) is 6.75. The van der Waals surface area contributed by atoms with Crippen LogP contribution >= 0.6 is 27.5 Å². The molecule has 150 valence electrons. The number of hydrogen-bond donors (Lipinski definition) is 1. The molecule has 3 aromatic carbocycles. The van der Waals surface area contributed by atoms with Crippen LogP contribution in [0.3, 0.4) is 0 Å². The van der Waals surface area contributed by atoms with Gasteiger partial charge in [0.05, 0.1) is 0 Å². The molecule has 3 nitrogen and oxygen atoms in total. The smallest absolute Gasteiger partial charge is 0.266 e. The van der Waals surface area contributed by atoms with E-state index >= 15 is 0 Å². The number of nitrogens with zero attached hydrogens (tertiary/aromatic N) is 1. The minimum absolute atomic E-state index is 0.0236. The average Bonchev–Trinajstić information content (AvgIpc) is 2.75. The molecule has 0 spiro atoms. The van der Waals surface area contributed by atoms with Gasteiger partial charge in [0.15, 0.2) is 0 Å². The van der Waals surface area contributed by atoms with Gasteiger partial charge in [-0.15, -0.1) is 0 Å². The number of benzene rings is 3. The highest BCUT2D eigenvalue weighted by atomic mass is 79.9. The van der Waals surface area contributed by atoms with E-state index in [1.807, 2.05) is 73.7 Å². The molecule has 0 unspecified atom stereocenters. The van der Waals surface area contributed by atoms with Gasteiger partial charge in [-0.1, -0.05) is 83.0 Å². The fraction of sp³-hybridized carbons (Fsp3) is 0.120. The summed E-state index contributed by atoms with van der Waals surface area (Å²) < 4.78 is 1.03. The van der Waals surface area contributed by atoms with E-state index in [9.17, 15) is 10.1 Å². The highest BCUT2D eigenvalue weighted by Gasteiger charge is 2.12. The van der Waals surface area contributed by atoms with E-state index in [-0.39, 0.29) is 5.57 Å². The lowest BCUT2D eigenvalue weighted by Crippen LogP contribution is -2.14. The summed E-state index contributed by atoms with van der Waals surface area (Å²) in [5, 5.41) is 12.9. The number of carbonyl (C=O) groups excluding carboxylic acids is 1. The maximum Gasteiger partial charge on any atom is 0.266 e. The Balaban J connectivity index is 1.80. The van der Waals surface area contributed by atoms with Crippen LogP contribution < -0.4 is 5.32 Å². The lowest BCUT2D eigenvalue weighted by molar-refractivity contribution is -0.112. The van der Waals surface area contributed by atoms with Crippen LogP contribution in [0.15, 0.2) is 76.8 Å². The Bertz CT molecular complexity index is 1150. The molecule has 0 bridgehead atoms. The first-order valence-corrected chi connectivity index (χ1v) is 10.7. The third-order valence-corrected chi connectivity index (χ3v) is 5.86. The van der Waals surface area contributed by atoms with Gasteiger partial charge in [0, 0.05) is 21.6 Å². The van der Waals surface area contributed by atoms with E-state index in [1.165, 1.54) is 0 Å². The zero-order valence-corrected chi connectivity index (χ0v) is 18.8. The van der Waals surface area contributed by atoms with E-state index in [1.54, 1.807) is 12.1 Å². The Morgan fingerprint density at radius 3 is 2.43 bits per heavy atom. The van der Waals surface area contributed by atoms with E-state index in [2.05, 4.69) is 21.2 Å². The molecule has 3 aromatic rings. The van der Waals surface area contributed by atoms with Crippen molar-refractivity contribution in [3.8, 4) is 6.07 Å². The van der Waals surface area contributed by atoms with Crippen LogP contribution in [-0.4, -0.2) is 5.91 Å². The van der Waals surface area contributed by atoms with Gasteiger partial charge in [-0.2, -0.15) is 5.26 Å². The Kier molecular flexibility index (Phi) is 7.46. The number of nitrogens with one attached hydrogen (secondary N) is 1. The molecule has 0 saturated heterocycles. The molecule has 3 rings (SSSR count). The van der Waals surface area contributed by atoms with Crippen LogP contribution in [-0.2, 0) is 17.6 Å². The van der Waals surface area contributed by atoms with Crippen molar-refractivity contribution in [3.05, 3.63) is 104 Å². The molecule has 1 amide bonds. The molecule has 0 aliphatic heterocycles. The van der Waals surface area contributed by atoms with Crippen molar-refractivity contribution in [1.82, 2.24) is 0 Å². The third kappa shape index (κ3) is 5.38. The van der Waals surface area contributed by atoms with Crippen molar-refractivity contribution in [2.75, 3.05) is 5.32 Å². The van der Waals surface area contributed by atoms with E-state index in [0.717, 1.165) is 27.6 Å². The third-order valence-electron chi connectivity index (χ3n) is 4.74. The lowest BCUT2D eigenvalue weighted by Gasteiger charge is -2.10. The van der Waals surface area contributed by atoms with Crippen LogP contribution in [0.1, 0.15) is 29.2 Å². The van der Waals surface area contributed by atoms with Gasteiger partial charge in [-0.25, -0.2) is 0 Å². The van der Waals surface area contributed by atoms with E-state index in [4.69, 9.17) is 11.6 Å². The molecule has 1 N–H and O–H groups in total. The molecule has 0 saturated carbocycles. The molecular weight excluding hydrogens is 460 g/mol. The standard InChI is InChI=1S/C25H20BrClN2O/c1-2-18-7-4-6-10-24(18)29-25(30)21(16-28)13-17-11-12-20(23(27)14-17)15-19-8-3-5-9-22(19)26/h3-14H,2,15H2,1H3,(H,29,30)/b21-13+. The maximum absolute atomic E-state index is 12.6. The first-order valence-electron chi connectivity index (χ1n) is 9.54. The summed E-state index contributed by atoms with van der Waals surface area (Å²) in [6, 6.07) is 23.1. The van der Waals surface area contributed by atoms with Crippen LogP contribution in [0, 0.1) is 11.3 Å². The summed E-state index contributed by atoms with van der Waals surface area (Å²) in [6.07, 6.45) is 3.03. The maximum atomic E-state index is 12.6. The summed E-state index contributed by atoms with van der Waals surface area (Å²) in [6.45, 7) is 2.02. The van der Waals surface area contributed by atoms with E-state index < -0.39 is 5.91 Å². The molecule has 0 atom stereocenters. The minimum Gasteiger partial charge on any atom is -0.321 e. The number of anilines is 1. The van der Waals surface area contributed by atoms with Crippen LogP contribution in [0.25, 0.3) is 6.08 Å². The highest BCUT2D eigenvalue weighted by Crippen LogP contribution is 2.26. The first-order chi connectivity index (χ1) is 14.5. The van der Waals surface area contributed by atoms with Crippen molar-refractivity contribution in [3.63, 3.8) is 0 Å². The van der Waals surface area contributed by atoms with Gasteiger partial charge < -0.3 is 5.32 Å². The average molecular weight is 480 g/mol. The van der Waals surface area contributed by atoms with Crippen molar-refractivity contribution < 1.29 is 4.79 Å². The predicted octanol–water partition coefficient (Wildman–Crippen LogP) is 6.80. The molecule has 0 aliphatic carbocycles. The number of rotatable bonds is 6. The number of nitriles is 1. The minimum atomic E-state index is -0.438. The van der Waals surface area contributed by atoms with Gasteiger partial charge in [-0.05, 0) is 52.9 Å². The molecule has 0 radical (unpaired) electrons. The fourth-order valence-corrected chi connectivity index (χ4v) is 3.78. The summed E-state index contributed by atoms with van der Waals surface area (Å²) in [4.78, 5) is 12.6. The number of halogens is 2. The Morgan fingerprint density at radius 2 is 1.77 bits per heavy atom. The van der Waals surface area contributed by atoms with Gasteiger partial charge in [-0.3, -0.25) is 4.79 Å². The van der Waals surface area contributed by atoms with Crippen LogP contribution in [0.2, 0.25) is 5.02 Å². The molecule has 0 heterocycles. The Labute approximate surface area is 190 Å². The van der Waals surface area contributed by atoms with Crippen molar-refractivity contribution in [2.45, 2.75) is 19.8 Å². The second kappa shape index (κ2) is 10.2. The molecular formula is C25H20BrClN2O. The summed E-state index contributed by atoms with van der Waals surface area (Å²) in [7, 11) is 0. The first kappa shape index (κ1) is 21.8. The molecule has 0 fully saturated rings. The van der Waals surface area contributed by atoms with Gasteiger partial charge >= 0.3 is 0 Å². The summed E-state index contributed by atoms with van der Waals surface area (Å²) in [5.41, 5.74) is 4.56. The highest BCUT2D eigenvalue weighted by molar-refractivity contribution is 9.10. The number of carbonyl (C=O) groups is 1. The number of amides is 1. The Hall–Kier alpha value is -2.87. The van der Waals surface area contributed by atoms with E-state index in [0.29, 0.717) is 22.7 Å². The van der Waals surface area contributed by atoms with Crippen LogP contribution in [0.5, 0.6) is 0 Å². The number of aryl methyl sites for hydroxylation is 1. The topological polar surface area (TPSA) is 52.9 Å². The fourth-order valence-electron chi connectivity index (χ4n) is 3.10. The molecule has 0 aromatic heterocycles. The number of para-hydroxylation sites is 1. The van der Waals surface area contributed by atoms with Gasteiger partial charge in [0.1, 0.15) is 11.6 Å². The molecule has 5 heteroatoms. The normalized spacial score (nSPS) is 11.1. The van der Waals surface area contributed by atoms with Gasteiger partial charge in [0.2, 0.25) is 0 Å². The monoisotopic (exact) mass is 478 g/mol. The second-order valence-corrected chi connectivity index (χ2v) is 8.02. The zero-order valence-electron chi connectivity index (χ0n) is 16.5. The van der Waals surface area contributed by atoms with Crippen LogP contribution in [0.4, 0.5) is 5.69 Å². The summed E-state index contributed by atoms with van der Waals surface area (Å²) >= 11 is 10.0. The van der Waals surface area contributed by atoms with Crippen molar-refractivity contribution in [1.29, 1.82) is 5.26 Å². The lowest BCUT2D eigenvalue weighted by atomic mass is 10.0. The predicted molar refractivity (Wildman–Crippen MR) is 126 cm³/mol. The quantitative estimate of drug-likeness (QED) is 0.312. The molecule has 0 aliphatic rings. The number of hydrogen-bond acceptors (Lipinski definition) is 2. The summed E-state index contributed by atoms with van der Waals surface area (Å²) in [5.74, 6) is -0.438. The molecule has 30 heavy (non-hydrogen) atoms. The van der Waals surface area contributed by atoms with Crippen molar-refractivity contribution >= 4 is 45.2 Å². The Morgan fingerprint density at radius 1 is 1.07 bits per heavy atom. The largest absolute Gasteiger partial charge is 0.321 e. The van der Waals surface area contributed by atoms with Crippen molar-refractivity contribution in [2.24, 2.45) is 0 Å².